The molecule has 0 aromatic rings. The van der Waals surface area contributed by atoms with Crippen molar-refractivity contribution in [1.82, 2.24) is 14.7 Å². The Labute approximate surface area is 121 Å². The first kappa shape index (κ1) is 15.1. The van der Waals surface area contributed by atoms with Gasteiger partial charge in [0, 0.05) is 46.2 Å². The van der Waals surface area contributed by atoms with E-state index in [0.29, 0.717) is 24.9 Å². The lowest BCUT2D eigenvalue weighted by molar-refractivity contribution is -0.138. The number of nitrogens with zero attached hydrogens (tertiary/aromatic N) is 3. The second kappa shape index (κ2) is 6.46. The van der Waals surface area contributed by atoms with Crippen molar-refractivity contribution in [1.29, 1.82) is 0 Å². The highest BCUT2D eigenvalue weighted by molar-refractivity contribution is 5.80. The summed E-state index contributed by atoms with van der Waals surface area (Å²) in [7, 11) is 3.55. The van der Waals surface area contributed by atoms with Crippen molar-refractivity contribution in [3.63, 3.8) is 0 Å². The average Bonchev–Trinajstić information content (AvgIpc) is 2.46. The third kappa shape index (κ3) is 3.44. The topological polar surface area (TPSA) is 43.9 Å². The highest BCUT2D eigenvalue weighted by Crippen LogP contribution is 2.23. The van der Waals surface area contributed by atoms with Crippen LogP contribution in [0.2, 0.25) is 0 Å². The van der Waals surface area contributed by atoms with Crippen molar-refractivity contribution < 1.29 is 9.59 Å². The molecule has 2 saturated heterocycles. The Kier molecular flexibility index (Phi) is 4.89. The summed E-state index contributed by atoms with van der Waals surface area (Å²) in [4.78, 5) is 29.9. The fraction of sp³-hybridized carbons (Fsp3) is 0.867. The summed E-state index contributed by atoms with van der Waals surface area (Å²) in [6.45, 7) is 5.46. The molecule has 2 aliphatic heterocycles. The molecule has 0 spiro atoms. The summed E-state index contributed by atoms with van der Waals surface area (Å²) in [5, 5.41) is 0. The van der Waals surface area contributed by atoms with Gasteiger partial charge in [-0.05, 0) is 31.6 Å². The van der Waals surface area contributed by atoms with Gasteiger partial charge >= 0.3 is 6.03 Å². The molecule has 5 heteroatoms. The second-order valence-electron chi connectivity index (χ2n) is 6.47. The normalized spacial score (nSPS) is 24.6. The molecule has 2 rings (SSSR count). The zero-order valence-corrected chi connectivity index (χ0v) is 13.0. The monoisotopic (exact) mass is 281 g/mol. The van der Waals surface area contributed by atoms with Crippen molar-refractivity contribution in [2.45, 2.75) is 32.6 Å². The molecule has 0 aromatic carbocycles. The predicted molar refractivity (Wildman–Crippen MR) is 78.4 cm³/mol. The number of carbonyl (C=O) groups excluding carboxylic acids is 2. The second-order valence-corrected chi connectivity index (χ2v) is 6.47. The smallest absolute Gasteiger partial charge is 0.319 e. The van der Waals surface area contributed by atoms with E-state index in [1.54, 1.807) is 19.0 Å². The van der Waals surface area contributed by atoms with E-state index in [-0.39, 0.29) is 11.9 Å². The van der Waals surface area contributed by atoms with Crippen molar-refractivity contribution in [3.8, 4) is 0 Å². The van der Waals surface area contributed by atoms with Gasteiger partial charge in [0.1, 0.15) is 0 Å². The third-order valence-corrected chi connectivity index (χ3v) is 4.47. The molecule has 0 saturated carbocycles. The molecule has 5 nitrogen and oxygen atoms in total. The Morgan fingerprint density at radius 2 is 1.65 bits per heavy atom. The van der Waals surface area contributed by atoms with Crippen LogP contribution in [0.5, 0.6) is 0 Å². The van der Waals surface area contributed by atoms with E-state index in [9.17, 15) is 9.59 Å². The van der Waals surface area contributed by atoms with Crippen LogP contribution in [0.4, 0.5) is 4.79 Å². The van der Waals surface area contributed by atoms with Gasteiger partial charge in [-0.25, -0.2) is 4.79 Å². The van der Waals surface area contributed by atoms with Gasteiger partial charge in [-0.1, -0.05) is 6.92 Å². The van der Waals surface area contributed by atoms with Crippen LogP contribution in [0.25, 0.3) is 0 Å². The first-order valence-electron chi connectivity index (χ1n) is 7.74. The summed E-state index contributed by atoms with van der Waals surface area (Å²) in [5.74, 6) is 1.06. The molecule has 3 amide bonds. The van der Waals surface area contributed by atoms with E-state index in [1.807, 2.05) is 9.80 Å². The molecule has 1 unspecified atom stereocenters. The Bertz CT molecular complexity index is 362. The Morgan fingerprint density at radius 1 is 1.00 bits per heavy atom. The zero-order chi connectivity index (χ0) is 14.7. The van der Waals surface area contributed by atoms with E-state index >= 15 is 0 Å². The molecule has 2 aliphatic rings. The first-order chi connectivity index (χ1) is 9.49. The number of amides is 3. The van der Waals surface area contributed by atoms with Crippen LogP contribution in [0, 0.1) is 11.8 Å². The van der Waals surface area contributed by atoms with Crippen LogP contribution in [-0.2, 0) is 4.79 Å². The van der Waals surface area contributed by atoms with Gasteiger partial charge in [0.25, 0.3) is 0 Å². The molecule has 0 N–H and O–H groups in total. The van der Waals surface area contributed by atoms with Crippen LogP contribution in [0.1, 0.15) is 32.6 Å². The van der Waals surface area contributed by atoms with Crippen molar-refractivity contribution in [2.24, 2.45) is 11.8 Å². The van der Waals surface area contributed by atoms with Gasteiger partial charge < -0.3 is 14.7 Å². The van der Waals surface area contributed by atoms with Crippen LogP contribution >= 0.6 is 0 Å². The van der Waals surface area contributed by atoms with Gasteiger partial charge in [-0.15, -0.1) is 0 Å². The minimum atomic E-state index is 0.0579. The SMILES string of the molecule is CC1CCCN(C(=O)C2CCN(C(=O)N(C)C)CC2)C1. The molecule has 2 fully saturated rings. The molecular formula is C15H27N3O2. The largest absolute Gasteiger partial charge is 0.342 e. The average molecular weight is 281 g/mol. The molecule has 0 bridgehead atoms. The molecule has 2 heterocycles. The van der Waals surface area contributed by atoms with Crippen LogP contribution < -0.4 is 0 Å². The summed E-state index contributed by atoms with van der Waals surface area (Å²) >= 11 is 0. The van der Waals surface area contributed by atoms with Crippen LogP contribution in [0.15, 0.2) is 0 Å². The minimum absolute atomic E-state index is 0.0579. The molecule has 0 aliphatic carbocycles. The lowest BCUT2D eigenvalue weighted by Gasteiger charge is -2.37. The van der Waals surface area contributed by atoms with Crippen molar-refractivity contribution in [3.05, 3.63) is 0 Å². The van der Waals surface area contributed by atoms with E-state index in [0.717, 1.165) is 32.4 Å². The third-order valence-electron chi connectivity index (χ3n) is 4.47. The molecular weight excluding hydrogens is 254 g/mol. The Hall–Kier alpha value is -1.26. The maximum absolute atomic E-state index is 12.5. The lowest BCUT2D eigenvalue weighted by atomic mass is 9.93. The van der Waals surface area contributed by atoms with Crippen molar-refractivity contribution in [2.75, 3.05) is 40.3 Å². The molecule has 114 valence electrons. The number of likely N-dealkylation sites (tertiary alicyclic amines) is 2. The number of hydrogen-bond acceptors (Lipinski definition) is 2. The summed E-state index contributed by atoms with van der Waals surface area (Å²) in [5.41, 5.74) is 0. The molecule has 0 aromatic heterocycles. The van der Waals surface area contributed by atoms with Gasteiger partial charge in [0.2, 0.25) is 5.91 Å². The molecule has 1 atom stereocenters. The van der Waals surface area contributed by atoms with Gasteiger partial charge in [0.15, 0.2) is 0 Å². The molecule has 0 radical (unpaired) electrons. The van der Waals surface area contributed by atoms with Gasteiger partial charge in [-0.3, -0.25) is 4.79 Å². The highest BCUT2D eigenvalue weighted by Gasteiger charge is 2.31. The van der Waals surface area contributed by atoms with Crippen LogP contribution in [0.3, 0.4) is 0 Å². The molecule has 20 heavy (non-hydrogen) atoms. The summed E-state index contributed by atoms with van der Waals surface area (Å²) in [6.07, 6.45) is 3.98. The highest BCUT2D eigenvalue weighted by atomic mass is 16.2. The van der Waals surface area contributed by atoms with Crippen LogP contribution in [-0.4, -0.2) is 66.9 Å². The Balaban J connectivity index is 1.84. The van der Waals surface area contributed by atoms with Gasteiger partial charge in [-0.2, -0.15) is 0 Å². The quantitative estimate of drug-likeness (QED) is 0.733. The van der Waals surface area contributed by atoms with E-state index in [4.69, 9.17) is 0 Å². The number of rotatable bonds is 1. The van der Waals surface area contributed by atoms with E-state index in [1.165, 1.54) is 6.42 Å². The maximum Gasteiger partial charge on any atom is 0.319 e. The lowest BCUT2D eigenvalue weighted by Crippen LogP contribution is -2.48. The van der Waals surface area contributed by atoms with Crippen molar-refractivity contribution >= 4 is 11.9 Å². The zero-order valence-electron chi connectivity index (χ0n) is 13.0. The number of urea groups is 1. The number of piperidine rings is 2. The fourth-order valence-electron chi connectivity index (χ4n) is 3.25. The summed E-state index contributed by atoms with van der Waals surface area (Å²) < 4.78 is 0. The fourth-order valence-corrected chi connectivity index (χ4v) is 3.25. The first-order valence-corrected chi connectivity index (χ1v) is 7.74. The summed E-state index contributed by atoms with van der Waals surface area (Å²) in [6, 6.07) is 0.0579. The number of carbonyl (C=O) groups is 2. The Morgan fingerprint density at radius 3 is 2.20 bits per heavy atom. The minimum Gasteiger partial charge on any atom is -0.342 e. The predicted octanol–water partition coefficient (Wildman–Crippen LogP) is 1.64. The standard InChI is InChI=1S/C15H27N3O2/c1-12-5-4-8-18(11-12)14(19)13-6-9-17(10-7-13)15(20)16(2)3/h12-13H,4-11H2,1-3H3. The van der Waals surface area contributed by atoms with E-state index < -0.39 is 0 Å². The maximum atomic E-state index is 12.5. The number of hydrogen-bond donors (Lipinski definition) is 0. The van der Waals surface area contributed by atoms with Gasteiger partial charge in [0.05, 0.1) is 0 Å². The van der Waals surface area contributed by atoms with E-state index in [2.05, 4.69) is 6.92 Å².